The molecule has 1 aliphatic rings. The van der Waals surface area contributed by atoms with Gasteiger partial charge in [-0.2, -0.15) is 0 Å². The second-order valence-electron chi connectivity index (χ2n) is 5.59. The van der Waals surface area contributed by atoms with Crippen LogP contribution in [0.4, 0.5) is 0 Å². The lowest BCUT2D eigenvalue weighted by Crippen LogP contribution is -2.45. The van der Waals surface area contributed by atoms with Gasteiger partial charge in [0.05, 0.1) is 0 Å². The van der Waals surface area contributed by atoms with Crippen LogP contribution in [-0.2, 0) is 4.79 Å². The Balaban J connectivity index is 2.35. The highest BCUT2D eigenvalue weighted by Gasteiger charge is 2.25. The molecule has 0 aromatic rings. The SMILES string of the molecule is CNCCC(=O)NCC(C1CCCCC1)N(C)C. The topological polar surface area (TPSA) is 44.4 Å². The van der Waals surface area contributed by atoms with Gasteiger partial charge in [0.1, 0.15) is 0 Å². The van der Waals surface area contributed by atoms with Gasteiger partial charge in [-0.05, 0) is 39.9 Å². The van der Waals surface area contributed by atoms with Gasteiger partial charge in [0.25, 0.3) is 0 Å². The van der Waals surface area contributed by atoms with Crippen molar-refractivity contribution < 1.29 is 4.79 Å². The molecule has 0 aromatic carbocycles. The molecule has 1 unspecified atom stereocenters. The third kappa shape index (κ3) is 5.36. The van der Waals surface area contributed by atoms with Crippen molar-refractivity contribution in [1.82, 2.24) is 15.5 Å². The highest BCUT2D eigenvalue weighted by atomic mass is 16.1. The zero-order valence-electron chi connectivity index (χ0n) is 12.2. The fourth-order valence-corrected chi connectivity index (χ4v) is 2.84. The largest absolute Gasteiger partial charge is 0.354 e. The van der Waals surface area contributed by atoms with Crippen molar-refractivity contribution in [2.75, 3.05) is 34.2 Å². The molecule has 0 heterocycles. The quantitative estimate of drug-likeness (QED) is 0.719. The van der Waals surface area contributed by atoms with Crippen LogP contribution in [0.3, 0.4) is 0 Å². The summed E-state index contributed by atoms with van der Waals surface area (Å²) in [6.07, 6.45) is 7.28. The molecule has 1 amide bonds. The number of carbonyl (C=O) groups is 1. The average molecular weight is 255 g/mol. The van der Waals surface area contributed by atoms with Gasteiger partial charge in [0, 0.05) is 25.6 Å². The summed E-state index contributed by atoms with van der Waals surface area (Å²) >= 11 is 0. The van der Waals surface area contributed by atoms with E-state index in [1.165, 1.54) is 32.1 Å². The van der Waals surface area contributed by atoms with Gasteiger partial charge in [-0.15, -0.1) is 0 Å². The van der Waals surface area contributed by atoms with Crippen molar-refractivity contribution in [3.8, 4) is 0 Å². The van der Waals surface area contributed by atoms with Crippen molar-refractivity contribution in [1.29, 1.82) is 0 Å². The molecule has 1 rings (SSSR count). The lowest BCUT2D eigenvalue weighted by Gasteiger charge is -2.35. The van der Waals surface area contributed by atoms with E-state index in [0.29, 0.717) is 12.5 Å². The van der Waals surface area contributed by atoms with Gasteiger partial charge in [-0.1, -0.05) is 19.3 Å². The van der Waals surface area contributed by atoms with E-state index in [1.54, 1.807) is 0 Å². The number of rotatable bonds is 7. The van der Waals surface area contributed by atoms with E-state index in [0.717, 1.165) is 19.0 Å². The Bertz CT molecular complexity index is 237. The highest BCUT2D eigenvalue weighted by Crippen LogP contribution is 2.27. The molecule has 4 nitrogen and oxygen atoms in total. The van der Waals surface area contributed by atoms with E-state index < -0.39 is 0 Å². The molecule has 1 atom stereocenters. The first-order valence-electron chi connectivity index (χ1n) is 7.23. The predicted octanol–water partition coefficient (Wildman–Crippen LogP) is 1.22. The van der Waals surface area contributed by atoms with Crippen molar-refractivity contribution in [2.24, 2.45) is 5.92 Å². The third-order valence-electron chi connectivity index (χ3n) is 3.97. The third-order valence-corrected chi connectivity index (χ3v) is 3.97. The van der Waals surface area contributed by atoms with Crippen LogP contribution in [0.5, 0.6) is 0 Å². The summed E-state index contributed by atoms with van der Waals surface area (Å²) in [5.41, 5.74) is 0. The molecule has 0 aromatic heterocycles. The second-order valence-corrected chi connectivity index (χ2v) is 5.59. The molecule has 1 saturated carbocycles. The van der Waals surface area contributed by atoms with Crippen LogP contribution in [0.25, 0.3) is 0 Å². The van der Waals surface area contributed by atoms with E-state index in [4.69, 9.17) is 0 Å². The summed E-state index contributed by atoms with van der Waals surface area (Å²) in [7, 11) is 6.12. The Morgan fingerprint density at radius 3 is 2.50 bits per heavy atom. The normalized spacial score (nSPS) is 18.9. The lowest BCUT2D eigenvalue weighted by molar-refractivity contribution is -0.121. The number of amides is 1. The zero-order chi connectivity index (χ0) is 13.4. The molecule has 4 heteroatoms. The van der Waals surface area contributed by atoms with Crippen LogP contribution in [0.1, 0.15) is 38.5 Å². The summed E-state index contributed by atoms with van der Waals surface area (Å²) in [5.74, 6) is 0.908. The van der Waals surface area contributed by atoms with Gasteiger partial charge in [0.15, 0.2) is 0 Å². The average Bonchev–Trinajstić information content (AvgIpc) is 2.37. The first kappa shape index (κ1) is 15.4. The van der Waals surface area contributed by atoms with Crippen LogP contribution in [0.15, 0.2) is 0 Å². The van der Waals surface area contributed by atoms with Crippen LogP contribution in [-0.4, -0.2) is 51.1 Å². The van der Waals surface area contributed by atoms with E-state index >= 15 is 0 Å². The van der Waals surface area contributed by atoms with Crippen molar-refractivity contribution in [3.05, 3.63) is 0 Å². The highest BCUT2D eigenvalue weighted by molar-refractivity contribution is 5.76. The van der Waals surface area contributed by atoms with Gasteiger partial charge in [-0.25, -0.2) is 0 Å². The van der Waals surface area contributed by atoms with Crippen molar-refractivity contribution >= 4 is 5.91 Å². The molecule has 106 valence electrons. The molecule has 0 spiro atoms. The van der Waals surface area contributed by atoms with Crippen LogP contribution in [0.2, 0.25) is 0 Å². The summed E-state index contributed by atoms with van der Waals surface area (Å²) < 4.78 is 0. The minimum absolute atomic E-state index is 0.159. The molecule has 0 radical (unpaired) electrons. The summed E-state index contributed by atoms with van der Waals surface area (Å²) in [6, 6.07) is 0.490. The Morgan fingerprint density at radius 2 is 1.94 bits per heavy atom. The van der Waals surface area contributed by atoms with Crippen molar-refractivity contribution in [3.63, 3.8) is 0 Å². The van der Waals surface area contributed by atoms with E-state index in [2.05, 4.69) is 29.6 Å². The van der Waals surface area contributed by atoms with Gasteiger partial charge >= 0.3 is 0 Å². The summed E-state index contributed by atoms with van der Waals surface area (Å²) in [6.45, 7) is 1.54. The second kappa shape index (κ2) is 8.48. The summed E-state index contributed by atoms with van der Waals surface area (Å²) in [4.78, 5) is 13.9. The van der Waals surface area contributed by atoms with E-state index in [1.807, 2.05) is 7.05 Å². The maximum Gasteiger partial charge on any atom is 0.221 e. The maximum atomic E-state index is 11.6. The fourth-order valence-electron chi connectivity index (χ4n) is 2.84. The zero-order valence-corrected chi connectivity index (χ0v) is 12.2. The molecule has 2 N–H and O–H groups in total. The fraction of sp³-hybridized carbons (Fsp3) is 0.929. The van der Waals surface area contributed by atoms with Crippen LogP contribution < -0.4 is 10.6 Å². The molecule has 1 aliphatic carbocycles. The number of hydrogen-bond acceptors (Lipinski definition) is 3. The monoisotopic (exact) mass is 255 g/mol. The van der Waals surface area contributed by atoms with Crippen molar-refractivity contribution in [2.45, 2.75) is 44.6 Å². The summed E-state index contributed by atoms with van der Waals surface area (Å²) in [5, 5.41) is 6.08. The minimum atomic E-state index is 0.159. The van der Waals surface area contributed by atoms with E-state index in [-0.39, 0.29) is 5.91 Å². The molecule has 18 heavy (non-hydrogen) atoms. The standard InChI is InChI=1S/C14H29N3O/c1-15-10-9-14(18)16-11-13(17(2)3)12-7-5-4-6-8-12/h12-13,15H,4-11H2,1-3H3,(H,16,18). The molecular formula is C14H29N3O. The number of carbonyl (C=O) groups excluding carboxylic acids is 1. The maximum absolute atomic E-state index is 11.6. The van der Waals surface area contributed by atoms with Gasteiger partial charge in [-0.3, -0.25) is 4.79 Å². The lowest BCUT2D eigenvalue weighted by atomic mass is 9.83. The number of likely N-dealkylation sites (N-methyl/N-ethyl adjacent to an activating group) is 1. The Morgan fingerprint density at radius 1 is 1.28 bits per heavy atom. The Hall–Kier alpha value is -0.610. The smallest absolute Gasteiger partial charge is 0.221 e. The predicted molar refractivity (Wildman–Crippen MR) is 75.6 cm³/mol. The van der Waals surface area contributed by atoms with Gasteiger partial charge < -0.3 is 15.5 Å². The van der Waals surface area contributed by atoms with Gasteiger partial charge in [0.2, 0.25) is 5.91 Å². The molecule has 0 aliphatic heterocycles. The van der Waals surface area contributed by atoms with E-state index in [9.17, 15) is 4.79 Å². The Labute approximate surface area is 111 Å². The minimum Gasteiger partial charge on any atom is -0.354 e. The number of hydrogen-bond donors (Lipinski definition) is 2. The number of nitrogens with one attached hydrogen (secondary N) is 2. The van der Waals surface area contributed by atoms with Crippen LogP contribution >= 0.6 is 0 Å². The molecule has 0 bridgehead atoms. The first-order valence-corrected chi connectivity index (χ1v) is 7.23. The molecule has 1 fully saturated rings. The first-order chi connectivity index (χ1) is 8.65. The van der Waals surface area contributed by atoms with Crippen LogP contribution in [0, 0.1) is 5.92 Å². The molecular weight excluding hydrogens is 226 g/mol. The molecule has 0 saturated heterocycles. The number of nitrogens with zero attached hydrogens (tertiary/aromatic N) is 1. The Kier molecular flexibility index (Phi) is 7.28.